The van der Waals surface area contributed by atoms with Gasteiger partial charge in [0.15, 0.2) is 0 Å². The van der Waals surface area contributed by atoms with Gasteiger partial charge in [0.2, 0.25) is 5.88 Å². The van der Waals surface area contributed by atoms with Gasteiger partial charge in [-0.1, -0.05) is 19.1 Å². The smallest absolute Gasteiger partial charge is 0.417 e. The summed E-state index contributed by atoms with van der Waals surface area (Å²) in [5.41, 5.74) is -1.11. The number of aliphatic imine (C=N–C) groups is 1. The molecule has 1 unspecified atom stereocenters. The zero-order valence-corrected chi connectivity index (χ0v) is 22.5. The number of hydrogen-bond donors (Lipinski definition) is 3. The van der Waals surface area contributed by atoms with Gasteiger partial charge in [-0.2, -0.15) is 13.2 Å². The fourth-order valence-corrected chi connectivity index (χ4v) is 4.61. The van der Waals surface area contributed by atoms with Crippen LogP contribution in [0, 0.1) is 11.3 Å². The van der Waals surface area contributed by atoms with E-state index in [4.69, 9.17) is 10.1 Å². The van der Waals surface area contributed by atoms with Crippen LogP contribution in [0.4, 0.5) is 22.0 Å². The SMILES string of the molecule is CN/C=C(\C(=N)C(=O)N1CC(F)(F)C[C@@H](C)C1CNC1=C/CCC/C=C(C(F)(F)F)/C=N\1)c1cccc(OC)n1. The fraction of sp³-hybridized carbons (Fsp3) is 0.481. The molecule has 2 atom stereocenters. The van der Waals surface area contributed by atoms with Crippen LogP contribution in [-0.4, -0.2) is 73.1 Å². The van der Waals surface area contributed by atoms with Crippen LogP contribution in [0.5, 0.6) is 5.88 Å². The number of methoxy groups -OCH3 is 1. The molecule has 0 aliphatic carbocycles. The van der Waals surface area contributed by atoms with Crippen molar-refractivity contribution < 1.29 is 31.5 Å². The highest BCUT2D eigenvalue weighted by atomic mass is 19.4. The Hall–Kier alpha value is -3.77. The number of nitrogens with one attached hydrogen (secondary N) is 3. The minimum atomic E-state index is -4.55. The quantitative estimate of drug-likeness (QED) is 0.311. The van der Waals surface area contributed by atoms with Crippen LogP contribution >= 0.6 is 0 Å². The van der Waals surface area contributed by atoms with Crippen LogP contribution in [-0.2, 0) is 4.79 Å². The van der Waals surface area contributed by atoms with Crippen LogP contribution in [0.1, 0.15) is 38.3 Å². The van der Waals surface area contributed by atoms with Crippen LogP contribution < -0.4 is 15.4 Å². The van der Waals surface area contributed by atoms with Crippen molar-refractivity contribution >= 4 is 23.4 Å². The summed E-state index contributed by atoms with van der Waals surface area (Å²) in [5.74, 6) is -4.41. The average Bonchev–Trinajstić information content (AvgIpc) is 3.01. The van der Waals surface area contributed by atoms with Gasteiger partial charge < -0.3 is 20.3 Å². The van der Waals surface area contributed by atoms with Gasteiger partial charge in [0.05, 0.1) is 31.0 Å². The zero-order chi connectivity index (χ0) is 29.5. The molecule has 3 heterocycles. The Bertz CT molecular complexity index is 1210. The Labute approximate surface area is 229 Å². The number of hydrogen-bond acceptors (Lipinski definition) is 7. The molecular formula is C27H33F5N6O2. The van der Waals surface area contributed by atoms with Crippen molar-refractivity contribution in [2.24, 2.45) is 10.9 Å². The standard InChI is InChI=1S/C27H33F5N6O2/c1-17-12-26(28,29)16-38(25(39)24(33)19(14-34-2)20-9-7-11-23(37-20)40-3)21(17)15-36-22-10-6-4-5-8-18(13-35-22)27(30,31)32/h7-11,13-14,17,21,33-34,36H,4-6,12,15-16H2,1-3H3/b18-8-,19-14-,22-10+,33-24?,35-13-/t17-,21?/m1/s1. The second kappa shape index (κ2) is 13.1. The number of nitrogens with zero attached hydrogens (tertiary/aromatic N) is 3. The fourth-order valence-electron chi connectivity index (χ4n) is 4.61. The molecule has 218 valence electrons. The number of aromatic nitrogens is 1. The summed E-state index contributed by atoms with van der Waals surface area (Å²) in [7, 11) is 2.98. The van der Waals surface area contributed by atoms with E-state index >= 15 is 0 Å². The van der Waals surface area contributed by atoms with E-state index in [1.54, 1.807) is 38.2 Å². The van der Waals surface area contributed by atoms with E-state index in [0.717, 1.165) is 17.2 Å². The molecule has 8 nitrogen and oxygen atoms in total. The third-order valence-corrected chi connectivity index (χ3v) is 6.59. The van der Waals surface area contributed by atoms with Crippen molar-refractivity contribution in [1.82, 2.24) is 20.5 Å². The summed E-state index contributed by atoms with van der Waals surface area (Å²) in [5, 5.41) is 14.3. The molecule has 1 aromatic rings. The van der Waals surface area contributed by atoms with Crippen molar-refractivity contribution in [2.45, 2.75) is 50.7 Å². The number of piperidine rings is 1. The summed E-state index contributed by atoms with van der Waals surface area (Å²) < 4.78 is 74.3. The monoisotopic (exact) mass is 568 g/mol. The van der Waals surface area contributed by atoms with Gasteiger partial charge in [-0.25, -0.2) is 18.8 Å². The first-order chi connectivity index (χ1) is 18.9. The lowest BCUT2D eigenvalue weighted by Crippen LogP contribution is -2.59. The van der Waals surface area contributed by atoms with Crippen molar-refractivity contribution in [3.8, 4) is 5.88 Å². The van der Waals surface area contributed by atoms with Gasteiger partial charge in [0, 0.05) is 44.1 Å². The maximum absolute atomic E-state index is 14.7. The minimum absolute atomic E-state index is 0.0486. The topological polar surface area (TPSA) is 103 Å². The second-order valence-electron chi connectivity index (χ2n) is 9.64. The number of carbonyl (C=O) groups is 1. The van der Waals surface area contributed by atoms with Gasteiger partial charge in [-0.05, 0) is 37.3 Å². The maximum Gasteiger partial charge on any atom is 0.417 e. The summed E-state index contributed by atoms with van der Waals surface area (Å²) in [6.07, 6.45) is 0.959. The number of halogens is 5. The minimum Gasteiger partial charge on any atom is -0.481 e. The van der Waals surface area contributed by atoms with Crippen molar-refractivity contribution in [1.29, 1.82) is 5.41 Å². The Morgan fingerprint density at radius 1 is 1.27 bits per heavy atom. The molecular weight excluding hydrogens is 535 g/mol. The number of carbonyl (C=O) groups excluding carboxylic acids is 1. The van der Waals surface area contributed by atoms with E-state index in [1.165, 1.54) is 13.3 Å². The molecule has 40 heavy (non-hydrogen) atoms. The van der Waals surface area contributed by atoms with Crippen molar-refractivity contribution in [3.05, 3.63) is 53.6 Å². The van der Waals surface area contributed by atoms with Crippen LogP contribution in [0.15, 0.2) is 52.9 Å². The molecule has 3 N–H and O–H groups in total. The molecule has 1 amide bonds. The van der Waals surface area contributed by atoms with E-state index in [-0.39, 0.29) is 35.9 Å². The second-order valence-corrected chi connectivity index (χ2v) is 9.64. The van der Waals surface area contributed by atoms with E-state index in [2.05, 4.69) is 20.6 Å². The first kappa shape index (κ1) is 30.8. The molecule has 0 radical (unpaired) electrons. The Morgan fingerprint density at radius 2 is 2.00 bits per heavy atom. The third-order valence-electron chi connectivity index (χ3n) is 6.59. The maximum atomic E-state index is 14.7. The molecule has 2 aliphatic rings. The normalized spacial score (nSPS) is 25.2. The number of pyridine rings is 1. The summed E-state index contributed by atoms with van der Waals surface area (Å²) in [6, 6.07) is 3.98. The molecule has 2 aliphatic heterocycles. The molecule has 1 saturated heterocycles. The molecule has 0 bridgehead atoms. The first-order valence-electron chi connectivity index (χ1n) is 12.8. The summed E-state index contributed by atoms with van der Waals surface area (Å²) >= 11 is 0. The number of allylic oxidation sites excluding steroid dienone is 3. The first-order valence-corrected chi connectivity index (χ1v) is 12.8. The van der Waals surface area contributed by atoms with Crippen molar-refractivity contribution in [2.75, 3.05) is 27.2 Å². The van der Waals surface area contributed by atoms with Crippen LogP contribution in [0.25, 0.3) is 5.57 Å². The predicted molar refractivity (Wildman–Crippen MR) is 142 cm³/mol. The predicted octanol–water partition coefficient (Wildman–Crippen LogP) is 4.72. The summed E-state index contributed by atoms with van der Waals surface area (Å²) in [6.45, 7) is 0.613. The molecule has 13 heteroatoms. The number of alkyl halides is 5. The van der Waals surface area contributed by atoms with E-state index in [9.17, 15) is 26.7 Å². The van der Waals surface area contributed by atoms with Crippen LogP contribution in [0.3, 0.4) is 0 Å². The van der Waals surface area contributed by atoms with Crippen molar-refractivity contribution in [3.63, 3.8) is 0 Å². The van der Waals surface area contributed by atoms with E-state index in [0.29, 0.717) is 12.8 Å². The average molecular weight is 569 g/mol. The third kappa shape index (κ3) is 7.89. The number of likely N-dealkylation sites (tertiary alicyclic amines) is 1. The number of rotatable bonds is 8. The van der Waals surface area contributed by atoms with E-state index < -0.39 is 54.2 Å². The van der Waals surface area contributed by atoms with Gasteiger partial charge in [0.25, 0.3) is 11.8 Å². The molecule has 1 aromatic heterocycles. The Kier molecular flexibility index (Phi) is 10.0. The summed E-state index contributed by atoms with van der Waals surface area (Å²) in [4.78, 5) is 22.7. The lowest BCUT2D eigenvalue weighted by atomic mass is 9.87. The largest absolute Gasteiger partial charge is 0.481 e. The molecule has 0 aromatic carbocycles. The molecule has 1 fully saturated rings. The number of ether oxygens (including phenoxy) is 1. The van der Waals surface area contributed by atoms with E-state index in [1.807, 2.05) is 0 Å². The zero-order valence-electron chi connectivity index (χ0n) is 22.5. The highest BCUT2D eigenvalue weighted by Gasteiger charge is 2.47. The molecule has 0 spiro atoms. The number of amides is 1. The molecule has 3 rings (SSSR count). The highest BCUT2D eigenvalue weighted by Crippen LogP contribution is 2.35. The van der Waals surface area contributed by atoms with Gasteiger partial charge in [0.1, 0.15) is 11.5 Å². The lowest BCUT2D eigenvalue weighted by molar-refractivity contribution is -0.145. The van der Waals surface area contributed by atoms with Gasteiger partial charge in [-0.15, -0.1) is 0 Å². The lowest BCUT2D eigenvalue weighted by Gasteiger charge is -2.43. The Morgan fingerprint density at radius 3 is 2.67 bits per heavy atom. The van der Waals surface area contributed by atoms with Gasteiger partial charge in [-0.3, -0.25) is 10.2 Å². The Balaban J connectivity index is 1.86. The highest BCUT2D eigenvalue weighted by molar-refractivity contribution is 6.54. The molecule has 0 saturated carbocycles. The van der Waals surface area contributed by atoms with Gasteiger partial charge >= 0.3 is 6.18 Å². The van der Waals surface area contributed by atoms with Crippen LogP contribution in [0.2, 0.25) is 0 Å².